The first-order valence-corrected chi connectivity index (χ1v) is 11.2. The molecule has 2 saturated heterocycles. The molecule has 0 saturated carbocycles. The Bertz CT molecular complexity index is 1050. The van der Waals surface area contributed by atoms with Crippen LogP contribution in [0.3, 0.4) is 0 Å². The van der Waals surface area contributed by atoms with E-state index in [0.29, 0.717) is 11.3 Å². The monoisotopic (exact) mass is 422 g/mol. The molecule has 0 radical (unpaired) electrons. The topological polar surface area (TPSA) is 57.7 Å². The Morgan fingerprint density at radius 2 is 1.71 bits per heavy atom. The van der Waals surface area contributed by atoms with Gasteiger partial charge in [-0.2, -0.15) is 0 Å². The van der Waals surface area contributed by atoms with E-state index in [-0.39, 0.29) is 29.1 Å². The molecule has 2 heterocycles. The van der Waals surface area contributed by atoms with Crippen LogP contribution in [0, 0.1) is 19.7 Å². The Morgan fingerprint density at radius 3 is 2.36 bits per heavy atom. The average molecular weight is 423 g/mol. The molecule has 4 rings (SSSR count). The molecule has 0 spiro atoms. The lowest BCUT2D eigenvalue weighted by Crippen LogP contribution is -2.37. The smallest absolute Gasteiger partial charge is 0.314 e. The minimum atomic E-state index is -3.26. The number of hydrogen-bond donors (Lipinski definition) is 0. The van der Waals surface area contributed by atoms with Gasteiger partial charge >= 0.3 is 6.03 Å². The summed E-state index contributed by atoms with van der Waals surface area (Å²) in [5.74, 6) is -0.604. The zero-order valence-corrected chi connectivity index (χ0v) is 17.1. The van der Waals surface area contributed by atoms with Crippen LogP contribution >= 0.6 is 11.6 Å². The van der Waals surface area contributed by atoms with Crippen LogP contribution in [0.25, 0.3) is 0 Å². The lowest BCUT2D eigenvalue weighted by molar-refractivity contribution is 0.206. The predicted molar refractivity (Wildman–Crippen MR) is 107 cm³/mol. The third kappa shape index (κ3) is 3.37. The van der Waals surface area contributed by atoms with Crippen LogP contribution in [0.15, 0.2) is 36.4 Å². The number of urea groups is 1. The molecule has 2 aromatic rings. The second-order valence-corrected chi connectivity index (χ2v) is 10.1. The van der Waals surface area contributed by atoms with Crippen LogP contribution in [0.5, 0.6) is 0 Å². The van der Waals surface area contributed by atoms with Gasteiger partial charge in [-0.25, -0.2) is 17.6 Å². The second kappa shape index (κ2) is 6.74. The summed E-state index contributed by atoms with van der Waals surface area (Å²) in [6.07, 6.45) is 0. The van der Waals surface area contributed by atoms with E-state index < -0.39 is 27.7 Å². The van der Waals surface area contributed by atoms with Gasteiger partial charge in [0.05, 0.1) is 23.6 Å². The number of fused-ring (bicyclic) bond motifs is 1. The highest BCUT2D eigenvalue weighted by molar-refractivity contribution is 7.91. The van der Waals surface area contributed by atoms with E-state index in [1.54, 1.807) is 9.80 Å². The van der Waals surface area contributed by atoms with Crippen molar-refractivity contribution in [2.45, 2.75) is 32.5 Å². The molecule has 0 aromatic heterocycles. The van der Waals surface area contributed by atoms with E-state index in [9.17, 15) is 17.6 Å². The van der Waals surface area contributed by atoms with Crippen molar-refractivity contribution in [3.8, 4) is 0 Å². The molecule has 0 N–H and O–H groups in total. The fraction of sp³-hybridized carbons (Fsp3) is 0.350. The Kier molecular flexibility index (Phi) is 4.62. The zero-order valence-electron chi connectivity index (χ0n) is 15.5. The number of amides is 2. The van der Waals surface area contributed by atoms with Crippen LogP contribution in [0.1, 0.15) is 16.7 Å². The number of carbonyl (C=O) groups is 1. The van der Waals surface area contributed by atoms with E-state index in [1.807, 2.05) is 32.0 Å². The Labute approximate surface area is 168 Å². The fourth-order valence-corrected chi connectivity index (χ4v) is 6.36. The molecule has 148 valence electrons. The number of anilines is 1. The maximum absolute atomic E-state index is 13.4. The minimum absolute atomic E-state index is 0.0654. The first kappa shape index (κ1) is 19.2. The Balaban J connectivity index is 1.74. The van der Waals surface area contributed by atoms with Crippen LogP contribution in [-0.4, -0.2) is 42.9 Å². The lowest BCUT2D eigenvalue weighted by Gasteiger charge is -2.23. The molecule has 2 aromatic carbocycles. The second-order valence-electron chi connectivity index (χ2n) is 7.57. The quantitative estimate of drug-likeness (QED) is 0.708. The summed E-state index contributed by atoms with van der Waals surface area (Å²) < 4.78 is 38.0. The minimum Gasteiger partial charge on any atom is -0.314 e. The van der Waals surface area contributed by atoms with Crippen LogP contribution in [0.4, 0.5) is 14.9 Å². The molecule has 2 aliphatic rings. The lowest BCUT2D eigenvalue weighted by atomic mass is 10.1. The van der Waals surface area contributed by atoms with Crippen molar-refractivity contribution in [3.05, 3.63) is 63.9 Å². The van der Waals surface area contributed by atoms with Gasteiger partial charge in [-0.3, -0.25) is 4.90 Å². The Morgan fingerprint density at radius 1 is 1.07 bits per heavy atom. The van der Waals surface area contributed by atoms with Crippen molar-refractivity contribution >= 4 is 33.2 Å². The summed E-state index contributed by atoms with van der Waals surface area (Å²) in [5.41, 5.74) is 3.28. The number of nitrogens with zero attached hydrogens (tertiary/aromatic N) is 2. The van der Waals surface area contributed by atoms with Gasteiger partial charge in [0.25, 0.3) is 0 Å². The number of rotatable bonds is 3. The first-order chi connectivity index (χ1) is 13.1. The van der Waals surface area contributed by atoms with Crippen LogP contribution in [-0.2, 0) is 16.4 Å². The van der Waals surface area contributed by atoms with E-state index in [0.717, 1.165) is 11.1 Å². The molecule has 2 atom stereocenters. The summed E-state index contributed by atoms with van der Waals surface area (Å²) >= 11 is 6.14. The van der Waals surface area contributed by atoms with E-state index in [2.05, 4.69) is 0 Å². The van der Waals surface area contributed by atoms with E-state index in [4.69, 9.17) is 11.6 Å². The van der Waals surface area contributed by atoms with E-state index >= 15 is 0 Å². The molecular weight excluding hydrogens is 403 g/mol. The molecule has 2 amide bonds. The molecule has 5 nitrogen and oxygen atoms in total. The summed E-state index contributed by atoms with van der Waals surface area (Å²) in [6.45, 7) is 4.02. The van der Waals surface area contributed by atoms with Gasteiger partial charge in [0, 0.05) is 17.3 Å². The summed E-state index contributed by atoms with van der Waals surface area (Å²) in [4.78, 5) is 16.4. The van der Waals surface area contributed by atoms with Crippen molar-refractivity contribution in [2.24, 2.45) is 0 Å². The number of halogens is 2. The van der Waals surface area contributed by atoms with Gasteiger partial charge in [-0.05, 0) is 54.8 Å². The average Bonchev–Trinajstić information content (AvgIpc) is 2.99. The third-order valence-corrected chi connectivity index (χ3v) is 7.37. The van der Waals surface area contributed by atoms with Gasteiger partial charge in [0.2, 0.25) is 0 Å². The van der Waals surface area contributed by atoms with Gasteiger partial charge < -0.3 is 4.90 Å². The number of hydrogen-bond acceptors (Lipinski definition) is 3. The molecule has 0 aliphatic carbocycles. The molecule has 8 heteroatoms. The fourth-order valence-electron chi connectivity index (χ4n) is 4.19. The van der Waals surface area contributed by atoms with Gasteiger partial charge in [-0.15, -0.1) is 0 Å². The van der Waals surface area contributed by atoms with Crippen molar-refractivity contribution in [1.82, 2.24) is 4.90 Å². The number of benzene rings is 2. The van der Waals surface area contributed by atoms with Crippen LogP contribution < -0.4 is 4.90 Å². The molecular formula is C20H20ClFN2O3S. The summed E-state index contributed by atoms with van der Waals surface area (Å²) in [5, 5.41) is 0.218. The molecule has 0 bridgehead atoms. The van der Waals surface area contributed by atoms with E-state index in [1.165, 1.54) is 18.2 Å². The molecule has 28 heavy (non-hydrogen) atoms. The predicted octanol–water partition coefficient (Wildman–Crippen LogP) is 3.70. The normalized spacial score (nSPS) is 23.4. The highest BCUT2D eigenvalue weighted by Gasteiger charge is 2.53. The number of carbonyl (C=O) groups excluding carboxylic acids is 1. The SMILES string of the molecule is Cc1cc(C)cc(N2C(=O)N(Cc3ccc(F)cc3Cl)[C@H]3CS(=O)(=O)C[C@@H]32)c1. The van der Waals surface area contributed by atoms with Crippen molar-refractivity contribution in [2.75, 3.05) is 16.4 Å². The van der Waals surface area contributed by atoms with Gasteiger partial charge in [0.15, 0.2) is 9.84 Å². The summed E-state index contributed by atoms with van der Waals surface area (Å²) in [7, 11) is -3.26. The first-order valence-electron chi connectivity index (χ1n) is 8.97. The highest BCUT2D eigenvalue weighted by Crippen LogP contribution is 2.37. The maximum Gasteiger partial charge on any atom is 0.325 e. The standard InChI is InChI=1S/C20H20ClFN2O3S/c1-12-5-13(2)7-16(6-12)24-19-11-28(26,27)10-18(19)23(20(24)25)9-14-3-4-15(22)8-17(14)21/h3-8,18-19H,9-11H2,1-2H3/t18-,19-/m0/s1. The summed E-state index contributed by atoms with van der Waals surface area (Å²) in [6, 6.07) is 8.63. The van der Waals surface area contributed by atoms with Gasteiger partial charge in [0.1, 0.15) is 5.82 Å². The maximum atomic E-state index is 13.4. The third-order valence-electron chi connectivity index (χ3n) is 5.32. The van der Waals surface area contributed by atoms with Crippen molar-refractivity contribution < 1.29 is 17.6 Å². The molecule has 0 unspecified atom stereocenters. The van der Waals surface area contributed by atoms with Crippen molar-refractivity contribution in [1.29, 1.82) is 0 Å². The highest BCUT2D eigenvalue weighted by atomic mass is 35.5. The number of sulfone groups is 1. The zero-order chi connectivity index (χ0) is 20.2. The van der Waals surface area contributed by atoms with Crippen LogP contribution in [0.2, 0.25) is 5.02 Å². The Hall–Kier alpha value is -2.12. The largest absolute Gasteiger partial charge is 0.325 e. The van der Waals surface area contributed by atoms with Gasteiger partial charge in [-0.1, -0.05) is 23.7 Å². The molecule has 2 aliphatic heterocycles. The number of aryl methyl sites for hydroxylation is 2. The van der Waals surface area contributed by atoms with Crippen molar-refractivity contribution in [3.63, 3.8) is 0 Å². The molecule has 2 fully saturated rings.